The molecule has 0 aliphatic rings. The average Bonchev–Trinajstić information content (AvgIpc) is 3.14. The summed E-state index contributed by atoms with van der Waals surface area (Å²) in [6, 6.07) is 15.2. The Hall–Kier alpha value is -2.93. The topological polar surface area (TPSA) is 73.8 Å². The summed E-state index contributed by atoms with van der Waals surface area (Å²) in [5, 5.41) is 5.24. The molecule has 2 aromatic carbocycles. The van der Waals surface area contributed by atoms with Crippen LogP contribution in [0.2, 0.25) is 0 Å². The van der Waals surface area contributed by atoms with Crippen molar-refractivity contribution in [3.63, 3.8) is 0 Å². The number of nitrogens with zero attached hydrogens (tertiary/aromatic N) is 4. The second kappa shape index (κ2) is 8.21. The van der Waals surface area contributed by atoms with Gasteiger partial charge < -0.3 is 4.52 Å². The lowest BCUT2D eigenvalue weighted by Gasteiger charge is -2.14. The average molecular weight is 407 g/mol. The summed E-state index contributed by atoms with van der Waals surface area (Å²) >= 11 is 1.42. The summed E-state index contributed by atoms with van der Waals surface area (Å²) < 4.78 is 7.05. The molecule has 0 aliphatic heterocycles. The van der Waals surface area contributed by atoms with E-state index in [0.29, 0.717) is 39.4 Å². The molecule has 7 heteroatoms. The van der Waals surface area contributed by atoms with E-state index >= 15 is 0 Å². The molecule has 6 nitrogen and oxygen atoms in total. The summed E-state index contributed by atoms with van der Waals surface area (Å²) in [5.74, 6) is 2.14. The lowest BCUT2D eigenvalue weighted by Crippen LogP contribution is -2.22. The van der Waals surface area contributed by atoms with E-state index in [1.165, 1.54) is 11.8 Å². The summed E-state index contributed by atoms with van der Waals surface area (Å²) in [4.78, 5) is 22.5. The first-order chi connectivity index (χ1) is 14.0. The Balaban J connectivity index is 1.75. The van der Waals surface area contributed by atoms with E-state index in [-0.39, 0.29) is 5.56 Å². The van der Waals surface area contributed by atoms with Crippen molar-refractivity contribution in [3.05, 3.63) is 76.2 Å². The SMILES string of the molecule is Cc1ccccc1-n1c(SCc2nc(CC(C)C)no2)nc2ccccc2c1=O. The first kappa shape index (κ1) is 19.4. The molecule has 0 spiro atoms. The van der Waals surface area contributed by atoms with E-state index in [0.717, 1.165) is 17.7 Å². The molecule has 148 valence electrons. The van der Waals surface area contributed by atoms with Crippen LogP contribution in [0, 0.1) is 12.8 Å². The summed E-state index contributed by atoms with van der Waals surface area (Å²) in [6.45, 7) is 6.22. The van der Waals surface area contributed by atoms with Crippen molar-refractivity contribution in [2.75, 3.05) is 0 Å². The van der Waals surface area contributed by atoms with E-state index in [1.807, 2.05) is 55.5 Å². The number of aryl methyl sites for hydroxylation is 1. The molecule has 0 aliphatic carbocycles. The maximum absolute atomic E-state index is 13.3. The van der Waals surface area contributed by atoms with Crippen LogP contribution in [0.1, 0.15) is 31.1 Å². The number of hydrogen-bond donors (Lipinski definition) is 0. The van der Waals surface area contributed by atoms with Crippen molar-refractivity contribution >= 4 is 22.7 Å². The molecule has 0 saturated carbocycles. The van der Waals surface area contributed by atoms with Gasteiger partial charge in [-0.1, -0.05) is 61.1 Å². The third-order valence-corrected chi connectivity index (χ3v) is 5.45. The molecule has 0 bridgehead atoms. The van der Waals surface area contributed by atoms with E-state index in [1.54, 1.807) is 4.57 Å². The van der Waals surface area contributed by atoms with Gasteiger partial charge in [-0.05, 0) is 36.6 Å². The number of para-hydroxylation sites is 2. The van der Waals surface area contributed by atoms with Gasteiger partial charge in [0, 0.05) is 6.42 Å². The lowest BCUT2D eigenvalue weighted by atomic mass is 10.1. The highest BCUT2D eigenvalue weighted by Gasteiger charge is 2.16. The van der Waals surface area contributed by atoms with Gasteiger partial charge in [0.25, 0.3) is 5.56 Å². The number of hydrogen-bond acceptors (Lipinski definition) is 6. The molecule has 0 radical (unpaired) electrons. The third-order valence-electron chi connectivity index (χ3n) is 4.53. The molecule has 2 heterocycles. The third kappa shape index (κ3) is 4.10. The van der Waals surface area contributed by atoms with E-state index in [4.69, 9.17) is 9.51 Å². The Labute approximate surface area is 173 Å². The van der Waals surface area contributed by atoms with Crippen LogP contribution in [0.3, 0.4) is 0 Å². The van der Waals surface area contributed by atoms with Gasteiger partial charge in [-0.2, -0.15) is 4.98 Å². The maximum atomic E-state index is 13.3. The first-order valence-electron chi connectivity index (χ1n) is 9.55. The Kier molecular flexibility index (Phi) is 5.49. The summed E-state index contributed by atoms with van der Waals surface area (Å²) in [7, 11) is 0. The molecule has 0 amide bonds. The van der Waals surface area contributed by atoms with Crippen molar-refractivity contribution < 1.29 is 4.52 Å². The summed E-state index contributed by atoms with van der Waals surface area (Å²) in [5.41, 5.74) is 2.42. The molecule has 0 atom stereocenters. The molecule has 0 saturated heterocycles. The molecular formula is C22H22N4O2S. The zero-order valence-electron chi connectivity index (χ0n) is 16.6. The molecule has 0 fully saturated rings. The smallest absolute Gasteiger partial charge is 0.266 e. The Morgan fingerprint density at radius 2 is 1.83 bits per heavy atom. The van der Waals surface area contributed by atoms with Crippen LogP contribution >= 0.6 is 11.8 Å². The normalized spacial score (nSPS) is 11.4. The second-order valence-corrected chi connectivity index (χ2v) is 8.27. The highest BCUT2D eigenvalue weighted by molar-refractivity contribution is 7.98. The van der Waals surface area contributed by atoms with E-state index in [9.17, 15) is 4.79 Å². The van der Waals surface area contributed by atoms with Crippen LogP contribution in [0.4, 0.5) is 0 Å². The number of fused-ring (bicyclic) bond motifs is 1. The predicted molar refractivity (Wildman–Crippen MR) is 114 cm³/mol. The fourth-order valence-electron chi connectivity index (χ4n) is 3.16. The highest BCUT2D eigenvalue weighted by Crippen LogP contribution is 2.25. The fourth-order valence-corrected chi connectivity index (χ4v) is 4.00. The largest absolute Gasteiger partial charge is 0.338 e. The van der Waals surface area contributed by atoms with Crippen molar-refractivity contribution in [1.29, 1.82) is 0 Å². The van der Waals surface area contributed by atoms with Gasteiger partial charge in [0.15, 0.2) is 11.0 Å². The molecule has 2 aromatic heterocycles. The van der Waals surface area contributed by atoms with Gasteiger partial charge >= 0.3 is 0 Å². The quantitative estimate of drug-likeness (QED) is 0.345. The van der Waals surface area contributed by atoms with Gasteiger partial charge in [-0.3, -0.25) is 9.36 Å². The van der Waals surface area contributed by atoms with Crippen LogP contribution in [-0.4, -0.2) is 19.7 Å². The van der Waals surface area contributed by atoms with E-state index < -0.39 is 0 Å². The predicted octanol–water partition coefficient (Wildman–Crippen LogP) is 4.57. The Morgan fingerprint density at radius 1 is 1.07 bits per heavy atom. The van der Waals surface area contributed by atoms with Crippen LogP contribution in [0.25, 0.3) is 16.6 Å². The van der Waals surface area contributed by atoms with Gasteiger partial charge in [0.1, 0.15) is 0 Å². The molecular weight excluding hydrogens is 384 g/mol. The Bertz CT molecular complexity index is 1210. The molecule has 0 N–H and O–H groups in total. The number of rotatable bonds is 6. The van der Waals surface area contributed by atoms with Gasteiger partial charge in [0.05, 0.1) is 22.3 Å². The molecule has 4 aromatic rings. The van der Waals surface area contributed by atoms with Crippen molar-refractivity contribution in [2.45, 2.75) is 38.1 Å². The van der Waals surface area contributed by atoms with Crippen LogP contribution in [-0.2, 0) is 12.2 Å². The molecule has 29 heavy (non-hydrogen) atoms. The van der Waals surface area contributed by atoms with Gasteiger partial charge in [-0.15, -0.1) is 0 Å². The fraction of sp³-hybridized carbons (Fsp3) is 0.273. The maximum Gasteiger partial charge on any atom is 0.266 e. The number of aromatic nitrogens is 4. The second-order valence-electron chi connectivity index (χ2n) is 7.33. The van der Waals surface area contributed by atoms with Crippen LogP contribution < -0.4 is 5.56 Å². The van der Waals surface area contributed by atoms with Crippen molar-refractivity contribution in [3.8, 4) is 5.69 Å². The molecule has 4 rings (SSSR count). The monoisotopic (exact) mass is 406 g/mol. The van der Waals surface area contributed by atoms with Crippen LogP contribution in [0.5, 0.6) is 0 Å². The van der Waals surface area contributed by atoms with Gasteiger partial charge in [0.2, 0.25) is 5.89 Å². The van der Waals surface area contributed by atoms with E-state index in [2.05, 4.69) is 24.0 Å². The van der Waals surface area contributed by atoms with Gasteiger partial charge in [-0.25, -0.2) is 4.98 Å². The zero-order valence-corrected chi connectivity index (χ0v) is 17.4. The van der Waals surface area contributed by atoms with Crippen molar-refractivity contribution in [1.82, 2.24) is 19.7 Å². The first-order valence-corrected chi connectivity index (χ1v) is 10.5. The van der Waals surface area contributed by atoms with Crippen LogP contribution in [0.15, 0.2) is 63.0 Å². The highest BCUT2D eigenvalue weighted by atomic mass is 32.2. The van der Waals surface area contributed by atoms with Crippen molar-refractivity contribution in [2.24, 2.45) is 5.92 Å². The minimum absolute atomic E-state index is 0.0848. The number of thioether (sulfide) groups is 1. The Morgan fingerprint density at radius 3 is 2.62 bits per heavy atom. The minimum atomic E-state index is -0.0848. The minimum Gasteiger partial charge on any atom is -0.338 e. The lowest BCUT2D eigenvalue weighted by molar-refractivity contribution is 0.382. The number of benzene rings is 2. The molecule has 0 unspecified atom stereocenters. The zero-order chi connectivity index (χ0) is 20.4. The summed E-state index contributed by atoms with van der Waals surface area (Å²) in [6.07, 6.45) is 0.774. The standard InChI is InChI=1S/C22H22N4O2S/c1-14(2)12-19-24-20(28-25-19)13-29-22-23-17-10-6-5-9-16(17)21(27)26(22)18-11-7-4-8-15(18)3/h4-11,14H,12-13H2,1-3H3.